The molecule has 0 heterocycles. The summed E-state index contributed by atoms with van der Waals surface area (Å²) in [6.45, 7) is 0.408. The third kappa shape index (κ3) is 10.8. The lowest BCUT2D eigenvalue weighted by Crippen LogP contribution is -2.11. The van der Waals surface area contributed by atoms with Crippen LogP contribution >= 0.6 is 11.6 Å². The van der Waals surface area contributed by atoms with Gasteiger partial charge in [-0.3, -0.25) is 9.59 Å². The number of halogens is 2. The molecule has 0 atom stereocenters. The highest BCUT2D eigenvalue weighted by Gasteiger charge is 2.12. The Bertz CT molecular complexity index is 579. The van der Waals surface area contributed by atoms with Gasteiger partial charge in [0, 0.05) is 24.8 Å². The van der Waals surface area contributed by atoms with Crippen molar-refractivity contribution in [2.24, 2.45) is 0 Å². The number of esters is 2. The maximum absolute atomic E-state index is 13.1. The minimum absolute atomic E-state index is 0.0657. The van der Waals surface area contributed by atoms with E-state index in [1.54, 1.807) is 0 Å². The van der Waals surface area contributed by atoms with Gasteiger partial charge >= 0.3 is 11.9 Å². The van der Waals surface area contributed by atoms with Gasteiger partial charge in [0.1, 0.15) is 5.82 Å². The van der Waals surface area contributed by atoms with E-state index in [4.69, 9.17) is 25.8 Å². The first kappa shape index (κ1) is 23.2. The topological polar surface area (TPSA) is 61.8 Å². The maximum atomic E-state index is 13.1. The van der Waals surface area contributed by atoms with Gasteiger partial charge in [-0.1, -0.05) is 25.7 Å². The van der Waals surface area contributed by atoms with Gasteiger partial charge < -0.3 is 14.2 Å². The minimum Gasteiger partial charge on any atom is -0.493 e. The molecular formula is C20H28ClFO5. The van der Waals surface area contributed by atoms with Crippen LogP contribution in [-0.2, 0) is 14.3 Å². The molecule has 0 aliphatic carbocycles. The van der Waals surface area contributed by atoms with Gasteiger partial charge in [0.05, 0.1) is 13.7 Å². The molecule has 0 aliphatic rings. The summed E-state index contributed by atoms with van der Waals surface area (Å²) in [5, 5.41) is 0. The number of hydrogen-bond acceptors (Lipinski definition) is 5. The van der Waals surface area contributed by atoms with Crippen molar-refractivity contribution >= 4 is 23.5 Å². The van der Waals surface area contributed by atoms with Crippen LogP contribution in [0.5, 0.6) is 11.5 Å². The Kier molecular flexibility index (Phi) is 12.3. The number of carbonyl (C=O) groups excluding carboxylic acids is 2. The number of unbranched alkanes of at least 4 members (excludes halogenated alkanes) is 5. The molecule has 1 aromatic rings. The average molecular weight is 403 g/mol. The molecule has 0 aliphatic heterocycles. The van der Waals surface area contributed by atoms with Crippen LogP contribution in [0.25, 0.3) is 0 Å². The first-order chi connectivity index (χ1) is 13.1. The maximum Gasteiger partial charge on any atom is 0.311 e. The highest BCUT2D eigenvalue weighted by atomic mass is 35.5. The largest absolute Gasteiger partial charge is 0.493 e. The highest BCUT2D eigenvalue weighted by Crippen LogP contribution is 2.27. The molecule has 5 nitrogen and oxygen atoms in total. The van der Waals surface area contributed by atoms with Crippen LogP contribution < -0.4 is 9.47 Å². The number of ether oxygens (including phenoxy) is 3. The summed E-state index contributed by atoms with van der Waals surface area (Å²) in [6.07, 6.45) is 6.90. The van der Waals surface area contributed by atoms with Crippen LogP contribution in [0.3, 0.4) is 0 Å². The molecule has 27 heavy (non-hydrogen) atoms. The second-order valence-electron chi connectivity index (χ2n) is 6.15. The van der Waals surface area contributed by atoms with E-state index in [0.717, 1.165) is 44.6 Å². The van der Waals surface area contributed by atoms with Crippen LogP contribution in [0.15, 0.2) is 18.2 Å². The van der Waals surface area contributed by atoms with Crippen molar-refractivity contribution in [1.82, 2.24) is 0 Å². The third-order valence-electron chi connectivity index (χ3n) is 3.90. The molecule has 0 radical (unpaired) electrons. The van der Waals surface area contributed by atoms with Crippen molar-refractivity contribution in [1.29, 1.82) is 0 Å². The van der Waals surface area contributed by atoms with Gasteiger partial charge in [0.25, 0.3) is 0 Å². The van der Waals surface area contributed by atoms with Gasteiger partial charge in [-0.15, -0.1) is 11.6 Å². The van der Waals surface area contributed by atoms with Crippen molar-refractivity contribution < 1.29 is 28.2 Å². The quantitative estimate of drug-likeness (QED) is 0.189. The zero-order valence-electron chi connectivity index (χ0n) is 15.8. The molecule has 0 fully saturated rings. The Morgan fingerprint density at radius 2 is 1.59 bits per heavy atom. The van der Waals surface area contributed by atoms with Crippen molar-refractivity contribution in [3.05, 3.63) is 24.0 Å². The predicted molar refractivity (Wildman–Crippen MR) is 102 cm³/mol. The fourth-order valence-corrected chi connectivity index (χ4v) is 2.63. The number of alkyl halides is 1. The van der Waals surface area contributed by atoms with Crippen LogP contribution in [0, 0.1) is 5.82 Å². The Labute approximate surface area is 165 Å². The molecule has 0 aromatic heterocycles. The Hall–Kier alpha value is -1.82. The van der Waals surface area contributed by atoms with E-state index >= 15 is 0 Å². The van der Waals surface area contributed by atoms with Crippen molar-refractivity contribution in [3.63, 3.8) is 0 Å². The van der Waals surface area contributed by atoms with E-state index in [1.165, 1.54) is 19.2 Å². The Morgan fingerprint density at radius 3 is 2.30 bits per heavy atom. The van der Waals surface area contributed by atoms with Gasteiger partial charge in [0.2, 0.25) is 0 Å². The number of methoxy groups -OCH3 is 1. The fourth-order valence-electron chi connectivity index (χ4n) is 2.44. The molecule has 0 bridgehead atoms. The molecule has 0 spiro atoms. The van der Waals surface area contributed by atoms with E-state index < -0.39 is 11.8 Å². The first-order valence-electron chi connectivity index (χ1n) is 9.32. The summed E-state index contributed by atoms with van der Waals surface area (Å²) in [5.41, 5.74) is 0. The molecule has 1 aromatic carbocycles. The summed E-state index contributed by atoms with van der Waals surface area (Å²) in [4.78, 5) is 23.5. The van der Waals surface area contributed by atoms with E-state index in [0.29, 0.717) is 18.9 Å². The predicted octanol–water partition coefficient (Wildman–Crippen LogP) is 5.03. The zero-order chi connectivity index (χ0) is 19.9. The lowest BCUT2D eigenvalue weighted by atomic mass is 10.1. The van der Waals surface area contributed by atoms with E-state index in [1.807, 2.05) is 0 Å². The molecule has 152 valence electrons. The van der Waals surface area contributed by atoms with Crippen LogP contribution in [0.4, 0.5) is 4.39 Å². The number of hydrogen-bond donors (Lipinski definition) is 0. The highest BCUT2D eigenvalue weighted by molar-refractivity contribution is 6.17. The zero-order valence-corrected chi connectivity index (χ0v) is 16.6. The Morgan fingerprint density at radius 1 is 0.926 bits per heavy atom. The average Bonchev–Trinajstić information content (AvgIpc) is 2.65. The van der Waals surface area contributed by atoms with Crippen LogP contribution in [0.2, 0.25) is 0 Å². The summed E-state index contributed by atoms with van der Waals surface area (Å²) in [5.74, 6) is -0.302. The van der Waals surface area contributed by atoms with Crippen molar-refractivity contribution in [2.45, 2.75) is 57.8 Å². The number of carbonyl (C=O) groups is 2. The summed E-state index contributed by atoms with van der Waals surface area (Å²) in [6, 6.07) is 3.65. The van der Waals surface area contributed by atoms with E-state index in [2.05, 4.69) is 0 Å². The van der Waals surface area contributed by atoms with Gasteiger partial charge in [-0.25, -0.2) is 4.39 Å². The normalized spacial score (nSPS) is 10.5. The summed E-state index contributed by atoms with van der Waals surface area (Å²) < 4.78 is 28.4. The second kappa shape index (κ2) is 14.3. The lowest BCUT2D eigenvalue weighted by molar-refractivity contribution is -0.144. The summed E-state index contributed by atoms with van der Waals surface area (Å²) in [7, 11) is 1.36. The van der Waals surface area contributed by atoms with E-state index in [-0.39, 0.29) is 30.3 Å². The molecule has 1 rings (SSSR count). The monoisotopic (exact) mass is 402 g/mol. The van der Waals surface area contributed by atoms with Crippen LogP contribution in [0.1, 0.15) is 57.8 Å². The smallest absolute Gasteiger partial charge is 0.311 e. The first-order valence-corrected chi connectivity index (χ1v) is 9.86. The van der Waals surface area contributed by atoms with Crippen molar-refractivity contribution in [3.8, 4) is 11.5 Å². The molecule has 0 amide bonds. The summed E-state index contributed by atoms with van der Waals surface area (Å²) >= 11 is 5.61. The van der Waals surface area contributed by atoms with Crippen LogP contribution in [-0.4, -0.2) is 31.5 Å². The van der Waals surface area contributed by atoms with Gasteiger partial charge in [-0.05, 0) is 31.4 Å². The molecule has 0 N–H and O–H groups in total. The molecule has 0 saturated heterocycles. The minimum atomic E-state index is -0.510. The SMILES string of the molecule is COc1cc(F)ccc1OC(=O)CCCC(=O)OCCCCCCCCCl. The van der Waals surface area contributed by atoms with Crippen molar-refractivity contribution in [2.75, 3.05) is 19.6 Å². The third-order valence-corrected chi connectivity index (χ3v) is 4.17. The molecule has 0 unspecified atom stereocenters. The molecule has 0 saturated carbocycles. The van der Waals surface area contributed by atoms with E-state index in [9.17, 15) is 14.0 Å². The van der Waals surface area contributed by atoms with Gasteiger partial charge in [-0.2, -0.15) is 0 Å². The number of rotatable bonds is 14. The fraction of sp³-hybridized carbons (Fsp3) is 0.600. The second-order valence-corrected chi connectivity index (χ2v) is 6.53. The Balaban J connectivity index is 2.11. The number of benzene rings is 1. The molecular weight excluding hydrogens is 375 g/mol. The molecule has 7 heteroatoms. The standard InChI is InChI=1S/C20H28ClFO5/c1-25-18-15-16(22)11-12-17(18)27-20(24)10-8-9-19(23)26-14-7-5-3-2-4-6-13-21/h11-12,15H,2-10,13-14H2,1H3. The van der Waals surface area contributed by atoms with Gasteiger partial charge in [0.15, 0.2) is 11.5 Å². The lowest BCUT2D eigenvalue weighted by Gasteiger charge is -2.09.